The van der Waals surface area contributed by atoms with Gasteiger partial charge < -0.3 is 4.74 Å². The van der Waals surface area contributed by atoms with E-state index < -0.39 is 6.36 Å². The zero-order chi connectivity index (χ0) is 15.5. The first-order valence-corrected chi connectivity index (χ1v) is 6.65. The zero-order valence-electron chi connectivity index (χ0n) is 10.8. The van der Waals surface area contributed by atoms with E-state index in [9.17, 15) is 13.2 Å². The molecule has 0 radical (unpaired) electrons. The molecule has 0 saturated heterocycles. The van der Waals surface area contributed by atoms with Crippen LogP contribution in [-0.2, 0) is 0 Å². The zero-order valence-corrected chi connectivity index (χ0v) is 11.6. The Hall–Kier alpha value is -2.33. The van der Waals surface area contributed by atoms with Crippen LogP contribution in [0.4, 0.5) is 13.2 Å². The highest BCUT2D eigenvalue weighted by atomic mass is 32.1. The van der Waals surface area contributed by atoms with Gasteiger partial charge in [0, 0.05) is 11.1 Å². The lowest BCUT2D eigenvalue weighted by atomic mass is 10.1. The van der Waals surface area contributed by atoms with Crippen molar-refractivity contribution in [3.63, 3.8) is 0 Å². The molecule has 1 heterocycles. The Morgan fingerprint density at radius 2 is 2.00 bits per heavy atom. The molecule has 3 nitrogen and oxygen atoms in total. The van der Waals surface area contributed by atoms with E-state index in [-0.39, 0.29) is 5.75 Å². The first-order chi connectivity index (χ1) is 9.87. The molecule has 0 aliphatic carbocycles. The van der Waals surface area contributed by atoms with Crippen molar-refractivity contribution in [2.45, 2.75) is 13.3 Å². The monoisotopic (exact) mass is 310 g/mol. The fourth-order valence-corrected chi connectivity index (χ4v) is 2.32. The van der Waals surface area contributed by atoms with E-state index in [2.05, 4.69) is 9.72 Å². The third-order valence-corrected chi connectivity index (χ3v) is 3.39. The van der Waals surface area contributed by atoms with Crippen LogP contribution < -0.4 is 4.74 Å². The molecule has 7 heteroatoms. The average Bonchev–Trinajstić information content (AvgIpc) is 2.82. The van der Waals surface area contributed by atoms with Gasteiger partial charge in [-0.2, -0.15) is 5.26 Å². The molecule has 0 spiro atoms. The number of allylic oxidation sites excluding steroid dienone is 1. The lowest BCUT2D eigenvalue weighted by Gasteiger charge is -2.08. The van der Waals surface area contributed by atoms with E-state index in [1.54, 1.807) is 6.08 Å². The number of thiazole rings is 1. The van der Waals surface area contributed by atoms with Crippen LogP contribution in [0.3, 0.4) is 0 Å². The van der Waals surface area contributed by atoms with E-state index in [0.29, 0.717) is 16.1 Å². The quantitative estimate of drug-likeness (QED) is 0.789. The SMILES string of the molecule is Cc1csc(C(C#N)=Cc2ccc(OC(F)(F)F)cc2)n1. The first kappa shape index (κ1) is 15.1. The summed E-state index contributed by atoms with van der Waals surface area (Å²) in [5.74, 6) is -0.303. The van der Waals surface area contributed by atoms with Crippen LogP contribution in [0.15, 0.2) is 29.6 Å². The molecule has 2 aromatic rings. The van der Waals surface area contributed by atoms with Crippen molar-refractivity contribution in [2.24, 2.45) is 0 Å². The highest BCUT2D eigenvalue weighted by molar-refractivity contribution is 7.11. The van der Waals surface area contributed by atoms with Crippen LogP contribution in [0, 0.1) is 18.3 Å². The number of halogens is 3. The number of aromatic nitrogens is 1. The van der Waals surface area contributed by atoms with E-state index in [0.717, 1.165) is 5.69 Å². The van der Waals surface area contributed by atoms with Gasteiger partial charge in [0.2, 0.25) is 0 Å². The van der Waals surface area contributed by atoms with Crippen LogP contribution in [0.1, 0.15) is 16.3 Å². The fraction of sp³-hybridized carbons (Fsp3) is 0.143. The topological polar surface area (TPSA) is 45.9 Å². The van der Waals surface area contributed by atoms with Crippen molar-refractivity contribution >= 4 is 23.0 Å². The summed E-state index contributed by atoms with van der Waals surface area (Å²) in [6, 6.07) is 7.31. The third-order valence-electron chi connectivity index (χ3n) is 2.39. The standard InChI is InChI=1S/C14H9F3N2OS/c1-9-8-21-13(19-9)11(7-18)6-10-2-4-12(5-3-10)20-14(15,16)17/h2-6,8H,1H3. The second-order valence-electron chi connectivity index (χ2n) is 4.08. The van der Waals surface area contributed by atoms with E-state index in [4.69, 9.17) is 5.26 Å². The van der Waals surface area contributed by atoms with Crippen molar-refractivity contribution in [1.82, 2.24) is 4.98 Å². The summed E-state index contributed by atoms with van der Waals surface area (Å²) >= 11 is 1.34. The predicted octanol–water partition coefficient (Wildman–Crippen LogP) is 4.41. The summed E-state index contributed by atoms with van der Waals surface area (Å²) in [5.41, 5.74) is 1.76. The fourth-order valence-electron chi connectivity index (χ4n) is 1.55. The highest BCUT2D eigenvalue weighted by Crippen LogP contribution is 2.25. The molecule has 0 atom stereocenters. The molecule has 2 rings (SSSR count). The Balaban J connectivity index is 2.22. The molecule has 0 aliphatic heterocycles. The lowest BCUT2D eigenvalue weighted by molar-refractivity contribution is -0.274. The molecule has 0 saturated carbocycles. The lowest BCUT2D eigenvalue weighted by Crippen LogP contribution is -2.16. The van der Waals surface area contributed by atoms with Crippen molar-refractivity contribution in [3.05, 3.63) is 45.9 Å². The Morgan fingerprint density at radius 3 is 2.48 bits per heavy atom. The maximum absolute atomic E-state index is 12.0. The van der Waals surface area contributed by atoms with Gasteiger partial charge in [0.05, 0.1) is 5.57 Å². The van der Waals surface area contributed by atoms with Gasteiger partial charge in [-0.15, -0.1) is 24.5 Å². The van der Waals surface area contributed by atoms with Gasteiger partial charge >= 0.3 is 6.36 Å². The van der Waals surface area contributed by atoms with Crippen LogP contribution in [0.2, 0.25) is 0 Å². The number of hydrogen-bond donors (Lipinski definition) is 0. The van der Waals surface area contributed by atoms with Gasteiger partial charge in [0.15, 0.2) is 0 Å². The van der Waals surface area contributed by atoms with E-state index in [1.165, 1.54) is 35.6 Å². The van der Waals surface area contributed by atoms with Gasteiger partial charge in [-0.05, 0) is 30.7 Å². The Labute approximate surface area is 122 Å². The molecule has 108 valence electrons. The second kappa shape index (κ2) is 5.97. The van der Waals surface area contributed by atoms with E-state index in [1.807, 2.05) is 18.4 Å². The molecule has 0 bridgehead atoms. The Kier molecular flexibility index (Phi) is 4.29. The molecule has 0 fully saturated rings. The van der Waals surface area contributed by atoms with Crippen molar-refractivity contribution in [2.75, 3.05) is 0 Å². The second-order valence-corrected chi connectivity index (χ2v) is 4.94. The average molecular weight is 310 g/mol. The largest absolute Gasteiger partial charge is 0.573 e. The Bertz CT molecular complexity index is 696. The number of rotatable bonds is 3. The normalized spacial score (nSPS) is 12.0. The molecule has 0 aliphatic rings. The predicted molar refractivity (Wildman–Crippen MR) is 73.5 cm³/mol. The number of hydrogen-bond acceptors (Lipinski definition) is 4. The van der Waals surface area contributed by atoms with Crippen molar-refractivity contribution in [3.8, 4) is 11.8 Å². The minimum atomic E-state index is -4.71. The molecular weight excluding hydrogens is 301 g/mol. The maximum Gasteiger partial charge on any atom is 0.573 e. The summed E-state index contributed by atoms with van der Waals surface area (Å²) in [5, 5.41) is 11.5. The number of nitrogens with zero attached hydrogens (tertiary/aromatic N) is 2. The molecule has 1 aromatic carbocycles. The number of ether oxygens (including phenoxy) is 1. The number of nitriles is 1. The summed E-state index contributed by atoms with van der Waals surface area (Å²) in [4.78, 5) is 4.20. The summed E-state index contributed by atoms with van der Waals surface area (Å²) in [6.07, 6.45) is -3.15. The highest BCUT2D eigenvalue weighted by Gasteiger charge is 2.30. The first-order valence-electron chi connectivity index (χ1n) is 5.77. The van der Waals surface area contributed by atoms with Gasteiger partial charge in [-0.3, -0.25) is 0 Å². The van der Waals surface area contributed by atoms with Gasteiger partial charge in [-0.1, -0.05) is 12.1 Å². The third kappa shape index (κ3) is 4.33. The molecule has 21 heavy (non-hydrogen) atoms. The van der Waals surface area contributed by atoms with Crippen LogP contribution in [0.25, 0.3) is 11.6 Å². The van der Waals surface area contributed by atoms with Gasteiger partial charge in [0.25, 0.3) is 0 Å². The molecular formula is C14H9F3N2OS. The van der Waals surface area contributed by atoms with Gasteiger partial charge in [0.1, 0.15) is 16.8 Å². The number of benzene rings is 1. The smallest absolute Gasteiger partial charge is 0.406 e. The summed E-state index contributed by atoms with van der Waals surface area (Å²) in [6.45, 7) is 1.82. The van der Waals surface area contributed by atoms with Crippen molar-refractivity contribution < 1.29 is 17.9 Å². The van der Waals surface area contributed by atoms with Crippen LogP contribution in [-0.4, -0.2) is 11.3 Å². The van der Waals surface area contributed by atoms with Crippen LogP contribution >= 0.6 is 11.3 Å². The minimum Gasteiger partial charge on any atom is -0.406 e. The van der Waals surface area contributed by atoms with Crippen LogP contribution in [0.5, 0.6) is 5.75 Å². The molecule has 0 unspecified atom stereocenters. The van der Waals surface area contributed by atoms with Crippen molar-refractivity contribution in [1.29, 1.82) is 5.26 Å². The number of aryl methyl sites for hydroxylation is 1. The molecule has 0 N–H and O–H groups in total. The molecule has 1 aromatic heterocycles. The summed E-state index contributed by atoms with van der Waals surface area (Å²) in [7, 11) is 0. The molecule has 0 amide bonds. The van der Waals surface area contributed by atoms with Gasteiger partial charge in [-0.25, -0.2) is 4.98 Å². The summed E-state index contributed by atoms with van der Waals surface area (Å²) < 4.78 is 39.9. The van der Waals surface area contributed by atoms with E-state index >= 15 is 0 Å². The minimum absolute atomic E-state index is 0.303. The Morgan fingerprint density at radius 1 is 1.33 bits per heavy atom. The maximum atomic E-state index is 12.0. The number of alkyl halides is 3.